The second kappa shape index (κ2) is 6.74. The van der Waals surface area contributed by atoms with E-state index in [-0.39, 0.29) is 11.5 Å². The van der Waals surface area contributed by atoms with Gasteiger partial charge >= 0.3 is 0 Å². The number of hydrogen-bond acceptors (Lipinski definition) is 3. The summed E-state index contributed by atoms with van der Waals surface area (Å²) in [5.41, 5.74) is 1.27. The van der Waals surface area contributed by atoms with Gasteiger partial charge in [0.2, 0.25) is 0 Å². The Kier molecular flexibility index (Phi) is 4.77. The highest BCUT2D eigenvalue weighted by molar-refractivity contribution is 5.94. The number of carbonyl (C=O) groups is 1. The molecule has 110 valence electrons. The summed E-state index contributed by atoms with van der Waals surface area (Å²) in [6.07, 6.45) is 0. The third-order valence-corrected chi connectivity index (χ3v) is 3.20. The van der Waals surface area contributed by atoms with Crippen molar-refractivity contribution in [3.8, 4) is 5.75 Å². The molecule has 2 aromatic rings. The molecule has 1 heterocycles. The molecule has 1 aromatic carbocycles. The lowest BCUT2D eigenvalue weighted by Crippen LogP contribution is -2.31. The van der Waals surface area contributed by atoms with E-state index in [1.165, 1.54) is 13.2 Å². The van der Waals surface area contributed by atoms with Gasteiger partial charge in [0.05, 0.1) is 7.11 Å². The van der Waals surface area contributed by atoms with Crippen LogP contribution in [0.15, 0.2) is 47.3 Å². The topological polar surface area (TPSA) is 60.3 Å². The van der Waals surface area contributed by atoms with E-state index in [9.17, 15) is 9.59 Å². The summed E-state index contributed by atoms with van der Waals surface area (Å²) in [6.45, 7) is 2.65. The average Bonchev–Trinajstić information content (AvgIpc) is 2.50. The lowest BCUT2D eigenvalue weighted by atomic mass is 10.2. The molecule has 0 atom stereocenters. The lowest BCUT2D eigenvalue weighted by molar-refractivity contribution is 0.0952. The summed E-state index contributed by atoms with van der Waals surface area (Å²) in [7, 11) is 1.53. The number of benzene rings is 1. The van der Waals surface area contributed by atoms with E-state index in [1.807, 2.05) is 25.1 Å². The van der Waals surface area contributed by atoms with Gasteiger partial charge in [-0.15, -0.1) is 0 Å². The molecular weight excluding hydrogens is 268 g/mol. The van der Waals surface area contributed by atoms with Crippen LogP contribution in [0.1, 0.15) is 16.1 Å². The molecule has 0 saturated heterocycles. The van der Waals surface area contributed by atoms with Crippen LogP contribution in [0.4, 0.5) is 0 Å². The lowest BCUT2D eigenvalue weighted by Gasteiger charge is -2.12. The van der Waals surface area contributed by atoms with Gasteiger partial charge in [-0.05, 0) is 25.1 Å². The zero-order chi connectivity index (χ0) is 15.2. The number of nitrogens with zero attached hydrogens (tertiary/aromatic N) is 1. The largest absolute Gasteiger partial charge is 0.496 e. The minimum atomic E-state index is -0.144. The van der Waals surface area contributed by atoms with Crippen LogP contribution < -0.4 is 15.6 Å². The van der Waals surface area contributed by atoms with Crippen molar-refractivity contribution >= 4 is 5.91 Å². The monoisotopic (exact) mass is 286 g/mol. The normalized spacial score (nSPS) is 10.2. The molecule has 1 aromatic heterocycles. The first-order valence-corrected chi connectivity index (χ1v) is 6.70. The van der Waals surface area contributed by atoms with Gasteiger partial charge in [0.25, 0.3) is 11.5 Å². The van der Waals surface area contributed by atoms with Crippen LogP contribution >= 0.6 is 0 Å². The zero-order valence-corrected chi connectivity index (χ0v) is 12.1. The second-order valence-electron chi connectivity index (χ2n) is 4.65. The van der Waals surface area contributed by atoms with E-state index in [4.69, 9.17) is 4.74 Å². The maximum absolute atomic E-state index is 11.9. The number of pyridine rings is 1. The van der Waals surface area contributed by atoms with Crippen molar-refractivity contribution in [3.05, 3.63) is 64.1 Å². The summed E-state index contributed by atoms with van der Waals surface area (Å²) < 4.78 is 6.65. The van der Waals surface area contributed by atoms with Gasteiger partial charge in [-0.2, -0.15) is 0 Å². The number of ether oxygens (including phenoxy) is 1. The van der Waals surface area contributed by atoms with Crippen LogP contribution in [0.25, 0.3) is 0 Å². The van der Waals surface area contributed by atoms with Crippen LogP contribution in [-0.4, -0.2) is 24.1 Å². The molecule has 5 nitrogen and oxygen atoms in total. The number of amides is 1. The number of methoxy groups -OCH3 is 1. The highest BCUT2D eigenvalue weighted by Crippen LogP contribution is 2.08. The van der Waals surface area contributed by atoms with E-state index >= 15 is 0 Å². The minimum absolute atomic E-state index is 0.138. The molecule has 0 radical (unpaired) electrons. The summed E-state index contributed by atoms with van der Waals surface area (Å²) in [5.74, 6) is 0.400. The van der Waals surface area contributed by atoms with E-state index in [2.05, 4.69) is 5.32 Å². The number of aromatic nitrogens is 1. The SMILES string of the molecule is COc1cc(C)n(CCNC(=O)c2ccccc2)c(=O)c1. The fraction of sp³-hybridized carbons (Fsp3) is 0.250. The number of aryl methyl sites for hydroxylation is 1. The number of rotatable bonds is 5. The molecule has 0 saturated carbocycles. The fourth-order valence-corrected chi connectivity index (χ4v) is 2.08. The summed E-state index contributed by atoms with van der Waals surface area (Å²) >= 11 is 0. The zero-order valence-electron chi connectivity index (χ0n) is 12.1. The van der Waals surface area contributed by atoms with Crippen LogP contribution in [0.5, 0.6) is 5.75 Å². The smallest absolute Gasteiger partial charge is 0.254 e. The Morgan fingerprint density at radius 1 is 1.24 bits per heavy atom. The third kappa shape index (κ3) is 3.72. The van der Waals surface area contributed by atoms with Gasteiger partial charge in [0, 0.05) is 30.4 Å². The fourth-order valence-electron chi connectivity index (χ4n) is 2.08. The van der Waals surface area contributed by atoms with Crippen molar-refractivity contribution in [1.82, 2.24) is 9.88 Å². The van der Waals surface area contributed by atoms with Gasteiger partial charge in [-0.1, -0.05) is 18.2 Å². The molecule has 0 aliphatic rings. The van der Waals surface area contributed by atoms with Crippen molar-refractivity contribution in [3.63, 3.8) is 0 Å². The number of hydrogen-bond donors (Lipinski definition) is 1. The van der Waals surface area contributed by atoms with Gasteiger partial charge < -0.3 is 14.6 Å². The van der Waals surface area contributed by atoms with Crippen molar-refractivity contribution in [1.29, 1.82) is 0 Å². The van der Waals surface area contributed by atoms with Crippen LogP contribution in [0.2, 0.25) is 0 Å². The maximum Gasteiger partial charge on any atom is 0.254 e. The summed E-state index contributed by atoms with van der Waals surface area (Å²) in [5, 5.41) is 2.80. The highest BCUT2D eigenvalue weighted by atomic mass is 16.5. The molecular formula is C16H18N2O3. The second-order valence-corrected chi connectivity index (χ2v) is 4.65. The predicted octanol–water partition coefficient (Wildman–Crippen LogP) is 1.60. The van der Waals surface area contributed by atoms with Crippen molar-refractivity contribution in [2.24, 2.45) is 0 Å². The maximum atomic E-state index is 11.9. The minimum Gasteiger partial charge on any atom is -0.496 e. The van der Waals surface area contributed by atoms with E-state index < -0.39 is 0 Å². The molecule has 0 fully saturated rings. The Hall–Kier alpha value is -2.56. The van der Waals surface area contributed by atoms with Gasteiger partial charge in [0.1, 0.15) is 5.75 Å². The standard InChI is InChI=1S/C16H18N2O3/c1-12-10-14(21-2)11-15(19)18(12)9-8-17-16(20)13-6-4-3-5-7-13/h3-7,10-11H,8-9H2,1-2H3,(H,17,20). The predicted molar refractivity (Wildman–Crippen MR) is 80.8 cm³/mol. The molecule has 1 amide bonds. The van der Waals surface area contributed by atoms with Gasteiger partial charge in [-0.3, -0.25) is 9.59 Å². The van der Waals surface area contributed by atoms with Crippen LogP contribution in [-0.2, 0) is 6.54 Å². The molecule has 1 N–H and O–H groups in total. The van der Waals surface area contributed by atoms with E-state index in [1.54, 1.807) is 22.8 Å². The summed E-state index contributed by atoms with van der Waals surface area (Å²) in [4.78, 5) is 23.8. The van der Waals surface area contributed by atoms with Crippen LogP contribution in [0, 0.1) is 6.92 Å². The summed E-state index contributed by atoms with van der Waals surface area (Å²) in [6, 6.07) is 12.2. The molecule has 0 unspecified atom stereocenters. The highest BCUT2D eigenvalue weighted by Gasteiger charge is 2.06. The Balaban J connectivity index is 1.98. The molecule has 0 spiro atoms. The van der Waals surface area contributed by atoms with Gasteiger partial charge in [-0.25, -0.2) is 0 Å². The average molecular weight is 286 g/mol. The van der Waals surface area contributed by atoms with Crippen molar-refractivity contribution < 1.29 is 9.53 Å². The molecule has 5 heteroatoms. The van der Waals surface area contributed by atoms with Crippen molar-refractivity contribution in [2.75, 3.05) is 13.7 Å². The van der Waals surface area contributed by atoms with Gasteiger partial charge in [0.15, 0.2) is 0 Å². The Morgan fingerprint density at radius 3 is 2.57 bits per heavy atom. The molecule has 0 aliphatic carbocycles. The van der Waals surface area contributed by atoms with Crippen molar-refractivity contribution in [2.45, 2.75) is 13.5 Å². The molecule has 0 aliphatic heterocycles. The first-order valence-electron chi connectivity index (χ1n) is 6.70. The Bertz CT molecular complexity index is 678. The van der Waals surface area contributed by atoms with E-state index in [0.717, 1.165) is 5.69 Å². The number of carbonyl (C=O) groups excluding carboxylic acids is 1. The number of nitrogens with one attached hydrogen (secondary N) is 1. The first-order chi connectivity index (χ1) is 10.1. The van der Waals surface area contributed by atoms with Crippen LogP contribution in [0.3, 0.4) is 0 Å². The molecule has 21 heavy (non-hydrogen) atoms. The van der Waals surface area contributed by atoms with E-state index in [0.29, 0.717) is 24.4 Å². The Morgan fingerprint density at radius 2 is 1.95 bits per heavy atom. The first kappa shape index (κ1) is 14.8. The molecule has 2 rings (SSSR count). The third-order valence-electron chi connectivity index (χ3n) is 3.20. The molecule has 0 bridgehead atoms. The quantitative estimate of drug-likeness (QED) is 0.908. The Labute approximate surface area is 123 Å².